The predicted octanol–water partition coefficient (Wildman–Crippen LogP) is 4.95. The number of primary amides is 1. The van der Waals surface area contributed by atoms with Crippen molar-refractivity contribution in [1.29, 1.82) is 0 Å². The van der Waals surface area contributed by atoms with Gasteiger partial charge in [-0.3, -0.25) is 9.59 Å². The van der Waals surface area contributed by atoms with Gasteiger partial charge in [0.25, 0.3) is 5.91 Å². The molecule has 3 aromatic rings. The van der Waals surface area contributed by atoms with Gasteiger partial charge in [0.15, 0.2) is 0 Å². The monoisotopic (exact) mass is 410 g/mol. The van der Waals surface area contributed by atoms with Crippen LogP contribution in [0.1, 0.15) is 65.5 Å². The van der Waals surface area contributed by atoms with Crippen molar-refractivity contribution in [3.05, 3.63) is 51.6 Å². The molecule has 5 nitrogen and oxygen atoms in total. The number of aryl methyl sites for hydroxylation is 1. The lowest BCUT2D eigenvalue weighted by atomic mass is 9.86. The van der Waals surface area contributed by atoms with Crippen LogP contribution in [0.3, 0.4) is 0 Å². The van der Waals surface area contributed by atoms with Crippen LogP contribution in [0.5, 0.6) is 0 Å². The van der Waals surface area contributed by atoms with Gasteiger partial charge in [-0.2, -0.15) is 0 Å². The molecule has 3 N–H and O–H groups in total. The lowest BCUT2D eigenvalue weighted by Gasteiger charge is -2.18. The maximum atomic E-state index is 12.8. The van der Waals surface area contributed by atoms with Crippen molar-refractivity contribution in [3.63, 3.8) is 0 Å². The first kappa shape index (κ1) is 19.7. The third-order valence-electron chi connectivity index (χ3n) is 5.54. The average Bonchev–Trinajstić information content (AvgIpc) is 3.21. The molecule has 0 saturated heterocycles. The molecule has 0 bridgehead atoms. The van der Waals surface area contributed by atoms with Crippen LogP contribution in [-0.4, -0.2) is 11.8 Å². The Morgan fingerprint density at radius 2 is 1.97 bits per heavy atom. The molecule has 2 heterocycles. The van der Waals surface area contributed by atoms with Gasteiger partial charge >= 0.3 is 0 Å². The molecule has 4 rings (SSSR count). The molecule has 0 fully saturated rings. The minimum atomic E-state index is -0.469. The average molecular weight is 411 g/mol. The highest BCUT2D eigenvalue weighted by atomic mass is 32.1. The molecule has 0 aliphatic heterocycles. The van der Waals surface area contributed by atoms with Gasteiger partial charge in [-0.1, -0.05) is 26.8 Å². The number of benzene rings is 1. The summed E-state index contributed by atoms with van der Waals surface area (Å²) in [6, 6.07) is 6.11. The van der Waals surface area contributed by atoms with Gasteiger partial charge in [0.05, 0.1) is 18.2 Å². The van der Waals surface area contributed by atoms with E-state index in [4.69, 9.17) is 10.2 Å². The lowest BCUT2D eigenvalue weighted by Crippen LogP contribution is -2.19. The zero-order chi connectivity index (χ0) is 20.8. The Bertz CT molecular complexity index is 1100. The first-order valence-corrected chi connectivity index (χ1v) is 10.8. The third-order valence-corrected chi connectivity index (χ3v) is 6.75. The fraction of sp³-hybridized carbons (Fsp3) is 0.391. The van der Waals surface area contributed by atoms with Crippen molar-refractivity contribution in [1.82, 2.24) is 0 Å². The smallest absolute Gasteiger partial charge is 0.251 e. The summed E-state index contributed by atoms with van der Waals surface area (Å²) in [5, 5.41) is 4.47. The van der Waals surface area contributed by atoms with Gasteiger partial charge in [0.1, 0.15) is 10.6 Å². The van der Waals surface area contributed by atoms with E-state index in [1.807, 2.05) is 6.07 Å². The molecule has 2 amide bonds. The van der Waals surface area contributed by atoms with Crippen LogP contribution in [0.15, 0.2) is 28.9 Å². The first-order chi connectivity index (χ1) is 13.7. The highest BCUT2D eigenvalue weighted by Gasteiger charge is 2.25. The molecule has 0 spiro atoms. The normalized spacial score (nSPS) is 14.0. The molecule has 29 heavy (non-hydrogen) atoms. The molecular formula is C23H26N2O3S. The number of thiophene rings is 1. The summed E-state index contributed by atoms with van der Waals surface area (Å²) < 4.78 is 5.64. The second kappa shape index (κ2) is 7.34. The van der Waals surface area contributed by atoms with Crippen molar-refractivity contribution in [2.75, 3.05) is 5.32 Å². The molecule has 0 unspecified atom stereocenters. The zero-order valence-corrected chi connectivity index (χ0v) is 17.9. The zero-order valence-electron chi connectivity index (χ0n) is 17.1. The number of fused-ring (bicyclic) bond motifs is 2. The van der Waals surface area contributed by atoms with Crippen molar-refractivity contribution < 1.29 is 14.0 Å². The van der Waals surface area contributed by atoms with Gasteiger partial charge in [-0.05, 0) is 54.4 Å². The van der Waals surface area contributed by atoms with Crippen LogP contribution in [0.25, 0.3) is 11.0 Å². The second-order valence-electron chi connectivity index (χ2n) is 8.73. The summed E-state index contributed by atoms with van der Waals surface area (Å²) in [5.74, 6) is -0.641. The lowest BCUT2D eigenvalue weighted by molar-refractivity contribution is -0.115. The summed E-state index contributed by atoms with van der Waals surface area (Å²) in [6.45, 7) is 6.47. The number of nitrogens with one attached hydrogen (secondary N) is 1. The molecule has 152 valence electrons. The summed E-state index contributed by atoms with van der Waals surface area (Å²) >= 11 is 1.48. The van der Waals surface area contributed by atoms with Gasteiger partial charge in [0.2, 0.25) is 5.91 Å². The quantitative estimate of drug-likeness (QED) is 0.638. The fourth-order valence-electron chi connectivity index (χ4n) is 3.94. The number of hydrogen-bond acceptors (Lipinski definition) is 4. The fourth-order valence-corrected chi connectivity index (χ4v) is 5.25. The molecule has 0 radical (unpaired) electrons. The number of amides is 2. The maximum absolute atomic E-state index is 12.8. The van der Waals surface area contributed by atoms with Gasteiger partial charge < -0.3 is 15.5 Å². The number of carbonyl (C=O) groups is 2. The number of furan rings is 1. The topological polar surface area (TPSA) is 85.3 Å². The number of hydrogen-bond donors (Lipinski definition) is 2. The molecule has 1 aliphatic carbocycles. The molecule has 0 saturated carbocycles. The van der Waals surface area contributed by atoms with Gasteiger partial charge in [-0.25, -0.2) is 0 Å². The maximum Gasteiger partial charge on any atom is 0.251 e. The first-order valence-electron chi connectivity index (χ1n) is 9.99. The molecule has 1 aromatic carbocycles. The van der Waals surface area contributed by atoms with E-state index >= 15 is 0 Å². The van der Waals surface area contributed by atoms with Gasteiger partial charge in [-0.15, -0.1) is 11.3 Å². The highest BCUT2D eigenvalue weighted by molar-refractivity contribution is 7.17. The van der Waals surface area contributed by atoms with E-state index < -0.39 is 5.91 Å². The van der Waals surface area contributed by atoms with E-state index in [0.717, 1.165) is 47.8 Å². The van der Waals surface area contributed by atoms with Crippen LogP contribution in [0, 0.1) is 0 Å². The number of nitrogens with two attached hydrogens (primary N) is 1. The summed E-state index contributed by atoms with van der Waals surface area (Å²) in [5.41, 5.74) is 9.95. The van der Waals surface area contributed by atoms with E-state index in [1.165, 1.54) is 21.8 Å². The van der Waals surface area contributed by atoms with Crippen molar-refractivity contribution in [2.45, 2.75) is 58.3 Å². The minimum Gasteiger partial charge on any atom is -0.464 e. The largest absolute Gasteiger partial charge is 0.464 e. The minimum absolute atomic E-state index is 0.0113. The standard InChI is InChI=1S/C23H26N2O3S/c1-23(2,3)14-8-9-17-16(11-14)13(12-28-17)10-19(26)25-22-20(21(24)27)15-6-4-5-7-18(15)29-22/h8-9,11-12H,4-7,10H2,1-3H3,(H2,24,27)(H,25,26). The van der Waals surface area contributed by atoms with Crippen molar-refractivity contribution >= 4 is 39.1 Å². The van der Waals surface area contributed by atoms with Crippen LogP contribution in [0.2, 0.25) is 0 Å². The van der Waals surface area contributed by atoms with E-state index in [9.17, 15) is 9.59 Å². The Morgan fingerprint density at radius 1 is 1.21 bits per heavy atom. The predicted molar refractivity (Wildman–Crippen MR) is 117 cm³/mol. The summed E-state index contributed by atoms with van der Waals surface area (Å²) in [4.78, 5) is 26.0. The Hall–Kier alpha value is -2.60. The Morgan fingerprint density at radius 3 is 2.69 bits per heavy atom. The van der Waals surface area contributed by atoms with E-state index in [0.29, 0.717) is 10.6 Å². The Balaban J connectivity index is 1.60. The van der Waals surface area contributed by atoms with Crippen LogP contribution in [-0.2, 0) is 29.5 Å². The van der Waals surface area contributed by atoms with Crippen molar-refractivity contribution in [3.8, 4) is 0 Å². The van der Waals surface area contributed by atoms with E-state index in [-0.39, 0.29) is 17.7 Å². The molecule has 6 heteroatoms. The van der Waals surface area contributed by atoms with Crippen LogP contribution >= 0.6 is 11.3 Å². The molecule has 2 aromatic heterocycles. The van der Waals surface area contributed by atoms with E-state index in [2.05, 4.69) is 38.2 Å². The highest BCUT2D eigenvalue weighted by Crippen LogP contribution is 2.38. The summed E-state index contributed by atoms with van der Waals surface area (Å²) in [7, 11) is 0. The third kappa shape index (κ3) is 3.81. The Labute approximate surface area is 174 Å². The second-order valence-corrected chi connectivity index (χ2v) is 9.83. The van der Waals surface area contributed by atoms with E-state index in [1.54, 1.807) is 6.26 Å². The SMILES string of the molecule is CC(C)(C)c1ccc2occ(CC(=O)Nc3sc4c(c3C(N)=O)CCCC4)c2c1. The summed E-state index contributed by atoms with van der Waals surface area (Å²) in [6.07, 6.45) is 5.78. The molecular weight excluding hydrogens is 384 g/mol. The number of carbonyl (C=O) groups excluding carboxylic acids is 2. The molecule has 0 atom stereocenters. The number of anilines is 1. The van der Waals surface area contributed by atoms with Crippen LogP contribution < -0.4 is 11.1 Å². The van der Waals surface area contributed by atoms with Crippen molar-refractivity contribution in [2.24, 2.45) is 5.73 Å². The van der Waals surface area contributed by atoms with Crippen LogP contribution in [0.4, 0.5) is 5.00 Å². The van der Waals surface area contributed by atoms with Gasteiger partial charge in [0, 0.05) is 15.8 Å². The number of rotatable bonds is 4. The Kier molecular flexibility index (Phi) is 4.99. The molecule has 1 aliphatic rings.